The number of rotatable bonds is 7. The normalized spacial score (nSPS) is 22.5. The van der Waals surface area contributed by atoms with E-state index in [1.54, 1.807) is 31.4 Å². The number of allylic oxidation sites excluding steroid dienone is 1. The van der Waals surface area contributed by atoms with Crippen LogP contribution in [0.2, 0.25) is 0 Å². The van der Waals surface area contributed by atoms with Gasteiger partial charge in [-0.2, -0.15) is 0 Å². The van der Waals surface area contributed by atoms with Crippen molar-refractivity contribution in [3.8, 4) is 0 Å². The molecule has 3 nitrogen and oxygen atoms in total. The minimum Gasteiger partial charge on any atom is -0.358 e. The SMILES string of the molecule is C1CC2CC2C1.CC1CCCCC1.CCC=C(CNC=O)Nc1cccc(C(C)(F)F)c1. The van der Waals surface area contributed by atoms with Gasteiger partial charge in [-0.25, -0.2) is 8.78 Å². The highest BCUT2D eigenvalue weighted by Gasteiger charge is 2.40. The predicted octanol–water partition coefficient (Wildman–Crippen LogP) is 7.64. The zero-order valence-corrected chi connectivity index (χ0v) is 20.1. The van der Waals surface area contributed by atoms with Crippen molar-refractivity contribution in [1.29, 1.82) is 0 Å². The summed E-state index contributed by atoms with van der Waals surface area (Å²) in [5.41, 5.74) is 1.30. The molecule has 0 heterocycles. The van der Waals surface area contributed by atoms with Crippen LogP contribution in [0.3, 0.4) is 0 Å². The number of benzene rings is 1. The number of halogens is 2. The second-order valence-electron chi connectivity index (χ2n) is 9.66. The van der Waals surface area contributed by atoms with Gasteiger partial charge < -0.3 is 10.6 Å². The molecule has 3 saturated carbocycles. The van der Waals surface area contributed by atoms with Gasteiger partial charge in [0, 0.05) is 23.9 Å². The van der Waals surface area contributed by atoms with Gasteiger partial charge in [-0.05, 0) is 42.7 Å². The summed E-state index contributed by atoms with van der Waals surface area (Å²) in [6.45, 7) is 5.52. The van der Waals surface area contributed by atoms with E-state index >= 15 is 0 Å². The number of carbonyl (C=O) groups is 1. The second-order valence-corrected chi connectivity index (χ2v) is 9.66. The van der Waals surface area contributed by atoms with Gasteiger partial charge in [0.15, 0.2) is 0 Å². The number of anilines is 1. The van der Waals surface area contributed by atoms with Crippen LogP contribution in [0.1, 0.15) is 90.5 Å². The average Bonchev–Trinajstić information content (AvgIpc) is 3.37. The molecule has 0 saturated heterocycles. The van der Waals surface area contributed by atoms with Crippen molar-refractivity contribution in [2.75, 3.05) is 11.9 Å². The van der Waals surface area contributed by atoms with Crippen molar-refractivity contribution in [2.45, 2.75) is 90.9 Å². The molecule has 5 heteroatoms. The van der Waals surface area contributed by atoms with E-state index in [-0.39, 0.29) is 5.56 Å². The van der Waals surface area contributed by atoms with Crippen molar-refractivity contribution in [3.63, 3.8) is 0 Å². The number of alkyl halides is 2. The lowest BCUT2D eigenvalue weighted by molar-refractivity contribution is -0.109. The molecule has 2 unspecified atom stereocenters. The van der Waals surface area contributed by atoms with Crippen LogP contribution in [0.4, 0.5) is 14.5 Å². The summed E-state index contributed by atoms with van der Waals surface area (Å²) >= 11 is 0. The Labute approximate surface area is 193 Å². The van der Waals surface area contributed by atoms with Gasteiger partial charge in [-0.15, -0.1) is 0 Å². The summed E-state index contributed by atoms with van der Waals surface area (Å²) in [5.74, 6) is 0.594. The molecule has 0 aromatic heterocycles. The van der Waals surface area contributed by atoms with Gasteiger partial charge in [-0.1, -0.05) is 83.4 Å². The van der Waals surface area contributed by atoms with E-state index in [9.17, 15) is 13.6 Å². The van der Waals surface area contributed by atoms with E-state index in [1.807, 2.05) is 13.0 Å². The van der Waals surface area contributed by atoms with Gasteiger partial charge in [0.05, 0.1) is 6.54 Å². The summed E-state index contributed by atoms with van der Waals surface area (Å²) < 4.78 is 26.4. The molecule has 0 bridgehead atoms. The minimum absolute atomic E-state index is 0.0447. The van der Waals surface area contributed by atoms with E-state index < -0.39 is 5.92 Å². The molecule has 1 aromatic rings. The van der Waals surface area contributed by atoms with Crippen molar-refractivity contribution in [3.05, 3.63) is 41.6 Å². The van der Waals surface area contributed by atoms with E-state index in [0.29, 0.717) is 18.6 Å². The lowest BCUT2D eigenvalue weighted by atomic mass is 9.91. The molecule has 4 rings (SSSR count). The maximum absolute atomic E-state index is 13.2. The van der Waals surface area contributed by atoms with Crippen molar-refractivity contribution < 1.29 is 13.6 Å². The van der Waals surface area contributed by atoms with Crippen LogP contribution >= 0.6 is 0 Å². The molecule has 0 aliphatic heterocycles. The second kappa shape index (κ2) is 13.6. The summed E-state index contributed by atoms with van der Waals surface area (Å²) in [6.07, 6.45) is 17.0. The Morgan fingerprint density at radius 2 is 1.78 bits per heavy atom. The topological polar surface area (TPSA) is 41.1 Å². The highest BCUT2D eigenvalue weighted by molar-refractivity contribution is 5.53. The highest BCUT2D eigenvalue weighted by Crippen LogP contribution is 2.51. The molecule has 0 radical (unpaired) electrons. The Balaban J connectivity index is 0.000000221. The lowest BCUT2D eigenvalue weighted by Gasteiger charge is -2.15. The fraction of sp³-hybridized carbons (Fsp3) is 0.667. The van der Waals surface area contributed by atoms with Crippen molar-refractivity contribution in [2.24, 2.45) is 17.8 Å². The van der Waals surface area contributed by atoms with Gasteiger partial charge in [0.1, 0.15) is 0 Å². The van der Waals surface area contributed by atoms with Gasteiger partial charge >= 0.3 is 0 Å². The quantitative estimate of drug-likeness (QED) is 0.421. The van der Waals surface area contributed by atoms with Gasteiger partial charge in [0.2, 0.25) is 6.41 Å². The molecule has 1 aromatic carbocycles. The van der Waals surface area contributed by atoms with E-state index in [0.717, 1.165) is 25.0 Å². The largest absolute Gasteiger partial charge is 0.358 e. The number of nitrogens with one attached hydrogen (secondary N) is 2. The Hall–Kier alpha value is -1.91. The van der Waals surface area contributed by atoms with Gasteiger partial charge in [-0.3, -0.25) is 4.79 Å². The molecule has 1 amide bonds. The summed E-state index contributed by atoms with van der Waals surface area (Å²) in [5, 5.41) is 5.57. The lowest BCUT2D eigenvalue weighted by Crippen LogP contribution is -2.19. The molecule has 0 spiro atoms. The maximum atomic E-state index is 13.2. The Morgan fingerprint density at radius 1 is 1.09 bits per heavy atom. The Bertz CT molecular complexity index is 700. The van der Waals surface area contributed by atoms with E-state index in [4.69, 9.17) is 0 Å². The molecule has 3 fully saturated rings. The highest BCUT2D eigenvalue weighted by atomic mass is 19.3. The number of fused-ring (bicyclic) bond motifs is 1. The molecule has 2 N–H and O–H groups in total. The third-order valence-electron chi connectivity index (χ3n) is 6.61. The van der Waals surface area contributed by atoms with Crippen LogP contribution in [0, 0.1) is 17.8 Å². The first-order valence-corrected chi connectivity index (χ1v) is 12.4. The summed E-state index contributed by atoms with van der Waals surface area (Å²) in [6, 6.07) is 6.08. The van der Waals surface area contributed by atoms with Crippen LogP contribution in [0.15, 0.2) is 36.0 Å². The van der Waals surface area contributed by atoms with Crippen LogP contribution in [-0.4, -0.2) is 13.0 Å². The molecule has 2 atom stereocenters. The minimum atomic E-state index is -2.87. The predicted molar refractivity (Wildman–Crippen MR) is 130 cm³/mol. The fourth-order valence-corrected chi connectivity index (χ4v) is 4.59. The zero-order chi connectivity index (χ0) is 23.4. The van der Waals surface area contributed by atoms with Crippen LogP contribution < -0.4 is 10.6 Å². The average molecular weight is 449 g/mol. The van der Waals surface area contributed by atoms with E-state index in [2.05, 4.69) is 17.6 Å². The third kappa shape index (κ3) is 10.1. The maximum Gasteiger partial charge on any atom is 0.270 e. The fourth-order valence-electron chi connectivity index (χ4n) is 4.59. The van der Waals surface area contributed by atoms with E-state index in [1.165, 1.54) is 62.5 Å². The summed E-state index contributed by atoms with van der Waals surface area (Å²) in [4.78, 5) is 10.3. The number of hydrogen-bond acceptors (Lipinski definition) is 2. The Morgan fingerprint density at radius 3 is 2.22 bits per heavy atom. The number of carbonyl (C=O) groups excluding carboxylic acids is 1. The molecule has 3 aliphatic carbocycles. The molecular formula is C27H42F2N2O. The number of hydrogen-bond donors (Lipinski definition) is 2. The molecule has 3 aliphatic rings. The van der Waals surface area contributed by atoms with Gasteiger partial charge in [0.25, 0.3) is 5.92 Å². The standard InChI is InChI=1S/C14H18F2N2O.C7H14.C6H10/c1-3-5-13(9-17-10-19)18-12-7-4-6-11(8-12)14(2,15)16;1-7-5-3-2-4-6-7;1-2-5-4-6(5)3-1/h4-8,10,18H,3,9H2,1-2H3,(H,17,19);7H,2-6H2,1H3;5-6H,1-4H2. The zero-order valence-electron chi connectivity index (χ0n) is 20.1. The molecule has 180 valence electrons. The Kier molecular flexibility index (Phi) is 11.2. The molecule has 32 heavy (non-hydrogen) atoms. The molecular weight excluding hydrogens is 406 g/mol. The smallest absolute Gasteiger partial charge is 0.270 e. The van der Waals surface area contributed by atoms with Crippen LogP contribution in [-0.2, 0) is 10.7 Å². The van der Waals surface area contributed by atoms with Crippen LogP contribution in [0.5, 0.6) is 0 Å². The monoisotopic (exact) mass is 448 g/mol. The van der Waals surface area contributed by atoms with Crippen molar-refractivity contribution in [1.82, 2.24) is 5.32 Å². The van der Waals surface area contributed by atoms with Crippen LogP contribution in [0.25, 0.3) is 0 Å². The van der Waals surface area contributed by atoms with Crippen molar-refractivity contribution >= 4 is 12.1 Å². The first kappa shape index (κ1) is 26.3. The summed E-state index contributed by atoms with van der Waals surface area (Å²) in [7, 11) is 0. The first-order valence-electron chi connectivity index (χ1n) is 12.4. The third-order valence-corrected chi connectivity index (χ3v) is 6.61. The number of amides is 1. The first-order chi connectivity index (χ1) is 15.3.